The molecule has 0 aliphatic rings. The number of benzene rings is 1. The molecule has 0 aliphatic carbocycles. The molecule has 0 spiro atoms. The van der Waals surface area contributed by atoms with Crippen molar-refractivity contribution in [3.8, 4) is 0 Å². The van der Waals surface area contributed by atoms with Crippen molar-refractivity contribution in [2.75, 3.05) is 7.11 Å². The van der Waals surface area contributed by atoms with Gasteiger partial charge in [0.15, 0.2) is 5.69 Å². The Morgan fingerprint density at radius 2 is 2.18 bits per heavy atom. The van der Waals surface area contributed by atoms with Gasteiger partial charge in [-0.25, -0.2) is 9.59 Å². The third-order valence-corrected chi connectivity index (χ3v) is 2.69. The Balaban J connectivity index is 2.83. The average Bonchev–Trinajstić information content (AvgIpc) is 2.70. The summed E-state index contributed by atoms with van der Waals surface area (Å²) in [6.07, 6.45) is 0. The van der Waals surface area contributed by atoms with Gasteiger partial charge in [0.2, 0.25) is 0 Å². The molecule has 0 amide bonds. The Hall–Kier alpha value is -1.89. The number of carbonyl (C=O) groups excluding carboxylic acids is 1. The van der Waals surface area contributed by atoms with Gasteiger partial charge >= 0.3 is 11.9 Å². The van der Waals surface area contributed by atoms with Crippen molar-refractivity contribution < 1.29 is 19.4 Å². The van der Waals surface area contributed by atoms with Crippen LogP contribution in [0.15, 0.2) is 16.6 Å². The summed E-state index contributed by atoms with van der Waals surface area (Å²) in [5.41, 5.74) is 0.410. The molecule has 0 bridgehead atoms. The molecular formula is C10H7BrN2O4. The van der Waals surface area contributed by atoms with Gasteiger partial charge < -0.3 is 9.84 Å². The number of carboxylic acid groups (broad SMARTS) is 1. The highest BCUT2D eigenvalue weighted by molar-refractivity contribution is 9.10. The van der Waals surface area contributed by atoms with Crippen LogP contribution in [0.1, 0.15) is 20.8 Å². The van der Waals surface area contributed by atoms with Crippen molar-refractivity contribution >= 4 is 38.8 Å². The number of hydrogen-bond acceptors (Lipinski definition) is 4. The maximum atomic E-state index is 11.6. The van der Waals surface area contributed by atoms with E-state index in [4.69, 9.17) is 5.11 Å². The Bertz CT molecular complexity index is 620. The summed E-state index contributed by atoms with van der Waals surface area (Å²) >= 11 is 3.22. The maximum absolute atomic E-state index is 11.6. The normalized spacial score (nSPS) is 10.5. The fourth-order valence-electron chi connectivity index (χ4n) is 1.55. The molecule has 1 heterocycles. The minimum absolute atomic E-state index is 0.156. The van der Waals surface area contributed by atoms with E-state index in [2.05, 4.69) is 30.9 Å². The lowest BCUT2D eigenvalue weighted by Gasteiger charge is -2.02. The van der Waals surface area contributed by atoms with Crippen LogP contribution in [0.25, 0.3) is 10.9 Å². The molecule has 17 heavy (non-hydrogen) atoms. The van der Waals surface area contributed by atoms with Crippen LogP contribution in [0, 0.1) is 0 Å². The van der Waals surface area contributed by atoms with Crippen molar-refractivity contribution in [1.29, 1.82) is 0 Å². The average molecular weight is 299 g/mol. The van der Waals surface area contributed by atoms with Gasteiger partial charge in [-0.15, -0.1) is 0 Å². The quantitative estimate of drug-likeness (QED) is 0.825. The molecule has 1 aromatic carbocycles. The van der Waals surface area contributed by atoms with E-state index in [-0.39, 0.29) is 16.6 Å². The zero-order valence-corrected chi connectivity index (χ0v) is 10.2. The molecule has 0 radical (unpaired) electrons. The number of aromatic amines is 1. The first kappa shape index (κ1) is 11.6. The number of aromatic nitrogens is 2. The van der Waals surface area contributed by atoms with E-state index in [1.54, 1.807) is 6.07 Å². The summed E-state index contributed by atoms with van der Waals surface area (Å²) in [5, 5.41) is 15.4. The second-order valence-electron chi connectivity index (χ2n) is 3.24. The summed E-state index contributed by atoms with van der Waals surface area (Å²) in [4.78, 5) is 22.6. The number of nitrogens with zero attached hydrogens (tertiary/aromatic N) is 1. The molecule has 6 nitrogen and oxygen atoms in total. The molecule has 7 heteroatoms. The molecule has 2 rings (SSSR count). The Morgan fingerprint density at radius 1 is 1.47 bits per heavy atom. The van der Waals surface area contributed by atoms with Crippen molar-refractivity contribution in [3.05, 3.63) is 27.9 Å². The van der Waals surface area contributed by atoms with Crippen LogP contribution in [0.3, 0.4) is 0 Å². The smallest absolute Gasteiger partial charge is 0.357 e. The van der Waals surface area contributed by atoms with Gasteiger partial charge in [-0.3, -0.25) is 5.10 Å². The number of esters is 1. The van der Waals surface area contributed by atoms with Crippen LogP contribution in [-0.4, -0.2) is 34.4 Å². The number of carbonyl (C=O) groups is 2. The molecular weight excluding hydrogens is 292 g/mol. The zero-order chi connectivity index (χ0) is 12.6. The van der Waals surface area contributed by atoms with Gasteiger partial charge in [0, 0.05) is 9.86 Å². The molecule has 1 aromatic heterocycles. The fraction of sp³-hybridized carbons (Fsp3) is 0.100. The third-order valence-electron chi connectivity index (χ3n) is 2.24. The Labute approximate surface area is 104 Å². The minimum Gasteiger partial charge on any atom is -0.476 e. The minimum atomic E-state index is -1.20. The Morgan fingerprint density at radius 3 is 2.76 bits per heavy atom. The number of nitrogens with one attached hydrogen (secondary N) is 1. The van der Waals surface area contributed by atoms with Crippen LogP contribution in [0.5, 0.6) is 0 Å². The summed E-state index contributed by atoms with van der Waals surface area (Å²) in [6, 6.07) is 3.14. The lowest BCUT2D eigenvalue weighted by molar-refractivity contribution is 0.0603. The van der Waals surface area contributed by atoms with E-state index in [1.807, 2.05) is 0 Å². The van der Waals surface area contributed by atoms with Crippen LogP contribution in [0.2, 0.25) is 0 Å². The number of fused-ring (bicyclic) bond motifs is 1. The predicted molar refractivity (Wildman–Crippen MR) is 62.1 cm³/mol. The van der Waals surface area contributed by atoms with E-state index < -0.39 is 11.9 Å². The van der Waals surface area contributed by atoms with Crippen LogP contribution in [-0.2, 0) is 4.74 Å². The van der Waals surface area contributed by atoms with Gasteiger partial charge in [0.1, 0.15) is 0 Å². The largest absolute Gasteiger partial charge is 0.476 e. The second kappa shape index (κ2) is 4.17. The third kappa shape index (κ3) is 1.89. The summed E-state index contributed by atoms with van der Waals surface area (Å²) in [6.45, 7) is 0. The number of methoxy groups -OCH3 is 1. The number of carboxylic acids is 1. The first-order chi connectivity index (χ1) is 8.04. The van der Waals surface area contributed by atoms with Gasteiger partial charge in [0.25, 0.3) is 0 Å². The summed E-state index contributed by atoms with van der Waals surface area (Å²) < 4.78 is 5.24. The molecule has 0 fully saturated rings. The molecule has 2 aromatic rings. The lowest BCUT2D eigenvalue weighted by atomic mass is 10.1. The molecule has 0 unspecified atom stereocenters. The second-order valence-corrected chi connectivity index (χ2v) is 4.16. The summed E-state index contributed by atoms with van der Waals surface area (Å²) in [5.74, 6) is -1.82. The zero-order valence-electron chi connectivity index (χ0n) is 8.65. The predicted octanol–water partition coefficient (Wildman–Crippen LogP) is 1.81. The van der Waals surface area contributed by atoms with Crippen LogP contribution < -0.4 is 0 Å². The first-order valence-corrected chi connectivity index (χ1v) is 5.33. The van der Waals surface area contributed by atoms with Gasteiger partial charge in [-0.2, -0.15) is 5.10 Å². The number of rotatable bonds is 2. The number of hydrogen-bond donors (Lipinski definition) is 2. The monoisotopic (exact) mass is 298 g/mol. The topological polar surface area (TPSA) is 92.3 Å². The Kier molecular flexibility index (Phi) is 2.84. The number of ether oxygens (including phenoxy) is 1. The van der Waals surface area contributed by atoms with Crippen LogP contribution in [0.4, 0.5) is 0 Å². The lowest BCUT2D eigenvalue weighted by Crippen LogP contribution is -2.05. The van der Waals surface area contributed by atoms with Crippen molar-refractivity contribution in [1.82, 2.24) is 10.2 Å². The standard InChI is InChI=1S/C10H7BrN2O4/c1-17-10(16)5-2-4(11)3-6-7(5)8(9(14)15)13-12-6/h2-3H,1H3,(H,12,13)(H,14,15). The fourth-order valence-corrected chi connectivity index (χ4v) is 2.01. The number of aromatic carboxylic acids is 1. The van der Waals surface area contributed by atoms with Crippen molar-refractivity contribution in [3.63, 3.8) is 0 Å². The van der Waals surface area contributed by atoms with E-state index in [0.29, 0.717) is 9.99 Å². The van der Waals surface area contributed by atoms with E-state index in [0.717, 1.165) is 0 Å². The molecule has 88 valence electrons. The van der Waals surface area contributed by atoms with Gasteiger partial charge in [0.05, 0.1) is 18.2 Å². The molecule has 0 saturated carbocycles. The van der Waals surface area contributed by atoms with Crippen molar-refractivity contribution in [2.45, 2.75) is 0 Å². The molecule has 2 N–H and O–H groups in total. The van der Waals surface area contributed by atoms with Crippen molar-refractivity contribution in [2.24, 2.45) is 0 Å². The van der Waals surface area contributed by atoms with E-state index >= 15 is 0 Å². The molecule has 0 atom stereocenters. The van der Waals surface area contributed by atoms with Gasteiger partial charge in [-0.1, -0.05) is 15.9 Å². The van der Waals surface area contributed by atoms with Crippen LogP contribution >= 0.6 is 15.9 Å². The SMILES string of the molecule is COC(=O)c1cc(Br)cc2[nH]nc(C(=O)O)c12. The number of halogens is 1. The van der Waals surface area contributed by atoms with E-state index in [1.165, 1.54) is 13.2 Å². The number of H-pyrrole nitrogens is 1. The highest BCUT2D eigenvalue weighted by Crippen LogP contribution is 2.26. The van der Waals surface area contributed by atoms with Gasteiger partial charge in [-0.05, 0) is 12.1 Å². The molecule has 0 aliphatic heterocycles. The maximum Gasteiger partial charge on any atom is 0.357 e. The molecule has 0 saturated heterocycles. The summed E-state index contributed by atoms with van der Waals surface area (Å²) in [7, 11) is 1.23. The van der Waals surface area contributed by atoms with E-state index in [9.17, 15) is 9.59 Å². The highest BCUT2D eigenvalue weighted by Gasteiger charge is 2.21. The first-order valence-electron chi connectivity index (χ1n) is 4.54. The highest BCUT2D eigenvalue weighted by atomic mass is 79.9.